The predicted molar refractivity (Wildman–Crippen MR) is 280 cm³/mol. The van der Waals surface area contributed by atoms with Crippen LogP contribution in [0.3, 0.4) is 0 Å². The van der Waals surface area contributed by atoms with Crippen LogP contribution in [-0.2, 0) is 237 Å². The summed E-state index contributed by atoms with van der Waals surface area (Å²) in [6.45, 7) is -9.13. The molecule has 0 saturated carbocycles. The van der Waals surface area contributed by atoms with E-state index < -0.39 is 295 Å². The SMILES string of the molecule is O=S(=O)(O)OCC1OC(OC2OC(COS(=O)(=O)O)C(OS(=O)(=O)O)C(OS(=O)(=O)O)C2OS(=O)(=O)O)C(OS(=O)(=O)O)C(OS(=O)(=O)O)C1OC1OC(COC2OC(COS(=O)(=O)O)C(OS(=O)(=O)O)C(OS(=O)(=O)O)C2OS(=O)(=O)O)C(OS(=O)(=O)O)C(OS(=O)(=O)O)C1OS(=O)(=O)O. The van der Waals surface area contributed by atoms with Crippen molar-refractivity contribution in [2.45, 2.75) is 123 Å². The van der Waals surface area contributed by atoms with E-state index in [4.69, 9.17) is 33.2 Å². The van der Waals surface area contributed by atoms with Gasteiger partial charge < -0.3 is 33.2 Å². The minimum absolute atomic E-state index is 2.12. The summed E-state index contributed by atoms with van der Waals surface area (Å²) in [6, 6.07) is 0. The fourth-order valence-corrected chi connectivity index (χ4v) is 14.7. The lowest BCUT2D eigenvalue weighted by atomic mass is 9.96. The van der Waals surface area contributed by atoms with E-state index in [0.717, 1.165) is 0 Å². The molecule has 14 N–H and O–H groups in total. The van der Waals surface area contributed by atoms with Crippen molar-refractivity contribution in [2.75, 3.05) is 26.4 Å². The molecule has 4 rings (SSSR count). The standard InChI is InChI=1S/C24H42O63S14/c25-88(26,27)68-2-6-9(13(80-94(43,44)45)18(85-99(58,59)60)23(73-6)76-24-20(87-101(64,65)66)16(83-97(52,53)54)12(79-93(40,41)42)8(74-24)4-70-90(31,32)33)75-22-19(86-100(61,62)63)15(82-96(49,50)51)10(77-91(34,35)36)5(72-22)1-67-21-17(84-98(55,56)57)14(81-95(46,47)48)11(78-92(37,38)39)7(71-21)3-69-89(28,29)30/h5-24H,1-4H2,(H,25,26,27)(H,28,29,30)(H,31,32,33)(H,34,35,36)(H,37,38,39)(H,40,41,42)(H,43,44,45)(H,46,47,48)(H,49,50,51)(H,52,53,54)(H,55,56,57)(H,58,59,60)(H,61,62,63)(H,64,65,66). The van der Waals surface area contributed by atoms with Gasteiger partial charge in [0.05, 0.1) is 26.4 Å². The van der Waals surface area contributed by atoms with E-state index in [1.54, 1.807) is 0 Å². The smallest absolute Gasteiger partial charge is 0.347 e. The van der Waals surface area contributed by atoms with Gasteiger partial charge in [-0.2, -0.15) is 118 Å². The van der Waals surface area contributed by atoms with Gasteiger partial charge in [0.25, 0.3) is 0 Å². The van der Waals surface area contributed by atoms with Gasteiger partial charge in [0.2, 0.25) is 0 Å². The van der Waals surface area contributed by atoms with E-state index in [0.29, 0.717) is 0 Å². The summed E-state index contributed by atoms with van der Waals surface area (Å²) in [5.41, 5.74) is 0. The number of hydrogen-bond donors (Lipinski definition) is 14. The monoisotopic (exact) mass is 1790 g/mol. The average Bonchev–Trinajstić information content (AvgIpc) is 0.761. The van der Waals surface area contributed by atoms with E-state index >= 15 is 0 Å². The Morgan fingerprint density at radius 2 is 0.356 bits per heavy atom. The van der Waals surface area contributed by atoms with Crippen LogP contribution < -0.4 is 0 Å². The Morgan fingerprint density at radius 3 is 0.584 bits per heavy atom. The maximum absolute atomic E-state index is 12.8. The van der Waals surface area contributed by atoms with Crippen LogP contribution in [0.25, 0.3) is 0 Å². The summed E-state index contributed by atoms with van der Waals surface area (Å²) in [5, 5.41) is 0. The fraction of sp³-hybridized carbons (Fsp3) is 1.00. The molecule has 20 atom stereocenters. The van der Waals surface area contributed by atoms with Crippen molar-refractivity contribution in [1.82, 2.24) is 0 Å². The first-order chi connectivity index (χ1) is 44.7. The molecule has 600 valence electrons. The van der Waals surface area contributed by atoms with Crippen LogP contribution >= 0.6 is 0 Å². The first-order valence-corrected chi connectivity index (χ1v) is 42.4. The molecule has 0 amide bonds. The first-order valence-electron chi connectivity index (χ1n) is 23.3. The maximum Gasteiger partial charge on any atom is 0.397 e. The van der Waals surface area contributed by atoms with Crippen LogP contribution in [0, 0.1) is 0 Å². The molecule has 4 heterocycles. The van der Waals surface area contributed by atoms with E-state index in [9.17, 15) is 182 Å². The summed E-state index contributed by atoms with van der Waals surface area (Å²) in [6.07, 6.45) is -72.8. The molecule has 0 bridgehead atoms. The summed E-state index contributed by atoms with van der Waals surface area (Å²) in [4.78, 5) is 0. The Balaban J connectivity index is 2.16. The van der Waals surface area contributed by atoms with Crippen LogP contribution in [0.4, 0.5) is 0 Å². The lowest BCUT2D eigenvalue weighted by molar-refractivity contribution is -0.383. The van der Waals surface area contributed by atoms with Gasteiger partial charge in [-0.25, -0.2) is 58.6 Å². The van der Waals surface area contributed by atoms with Gasteiger partial charge in [-0.3, -0.25) is 63.7 Å². The van der Waals surface area contributed by atoms with E-state index in [2.05, 4.69) is 58.6 Å². The van der Waals surface area contributed by atoms with Crippen LogP contribution in [-0.4, -0.2) is 331 Å². The highest BCUT2D eigenvalue weighted by Gasteiger charge is 2.62. The zero-order valence-electron chi connectivity index (χ0n) is 46.4. The van der Waals surface area contributed by atoms with Gasteiger partial charge in [0.1, 0.15) is 73.2 Å². The van der Waals surface area contributed by atoms with E-state index in [-0.39, 0.29) is 0 Å². The summed E-state index contributed by atoms with van der Waals surface area (Å²) >= 11 is 0. The van der Waals surface area contributed by atoms with Gasteiger partial charge in [-0.05, 0) is 0 Å². The molecule has 0 aromatic heterocycles. The third-order valence-corrected chi connectivity index (χ3v) is 17.5. The Bertz CT molecular complexity index is 4610. The van der Waals surface area contributed by atoms with Crippen molar-refractivity contribution in [3.05, 3.63) is 0 Å². The summed E-state index contributed by atoms with van der Waals surface area (Å²) in [5.74, 6) is 0. The topological polar surface area (TPSA) is 955 Å². The minimum atomic E-state index is -6.81. The molecule has 63 nitrogen and oxygen atoms in total. The van der Waals surface area contributed by atoms with Crippen LogP contribution in [0.2, 0.25) is 0 Å². The fourth-order valence-electron chi connectivity index (χ4n) is 8.36. The van der Waals surface area contributed by atoms with Crippen molar-refractivity contribution in [2.24, 2.45) is 0 Å². The minimum Gasteiger partial charge on any atom is -0.347 e. The Labute approximate surface area is 564 Å². The van der Waals surface area contributed by atoms with Gasteiger partial charge in [0, 0.05) is 0 Å². The number of hydrogen-bond acceptors (Lipinski definition) is 49. The van der Waals surface area contributed by atoms with E-state index in [1.807, 2.05) is 0 Å². The third-order valence-electron chi connectivity index (χ3n) is 11.1. The lowest BCUT2D eigenvalue weighted by Gasteiger charge is -2.49. The second-order valence-electron chi connectivity index (χ2n) is 18.3. The van der Waals surface area contributed by atoms with Crippen molar-refractivity contribution in [3.63, 3.8) is 0 Å². The third kappa shape index (κ3) is 33.5. The Hall–Kier alpha value is -2.10. The first kappa shape index (κ1) is 91.3. The summed E-state index contributed by atoms with van der Waals surface area (Å²) < 4.78 is 571. The molecule has 0 spiro atoms. The second kappa shape index (κ2) is 33.0. The molecular formula is C24H42O63S14. The molecule has 0 aromatic carbocycles. The molecule has 4 aliphatic rings. The molecule has 4 saturated heterocycles. The molecule has 20 unspecified atom stereocenters. The molecule has 77 heteroatoms. The normalized spacial score (nSPS) is 32.5. The Morgan fingerprint density at radius 1 is 0.188 bits per heavy atom. The highest BCUT2D eigenvalue weighted by molar-refractivity contribution is 7.84. The van der Waals surface area contributed by atoms with E-state index in [1.165, 1.54) is 0 Å². The second-order valence-corrected chi connectivity index (χ2v) is 33.1. The highest BCUT2D eigenvalue weighted by atomic mass is 32.3. The highest BCUT2D eigenvalue weighted by Crippen LogP contribution is 2.41. The van der Waals surface area contributed by atoms with Crippen molar-refractivity contribution >= 4 is 146 Å². The molecule has 4 aliphatic heterocycles. The summed E-state index contributed by atoms with van der Waals surface area (Å²) in [7, 11) is -90.3. The van der Waals surface area contributed by atoms with Gasteiger partial charge in [0.15, 0.2) is 49.6 Å². The number of ether oxygens (including phenoxy) is 7. The zero-order chi connectivity index (χ0) is 78.2. The molecule has 4 fully saturated rings. The number of rotatable bonds is 38. The predicted octanol–water partition coefficient (Wildman–Crippen LogP) is -12.2. The molecule has 0 aromatic rings. The molecular weight excluding hydrogens is 1750 g/mol. The van der Waals surface area contributed by atoms with Crippen LogP contribution in [0.5, 0.6) is 0 Å². The average molecular weight is 1790 g/mol. The lowest BCUT2D eigenvalue weighted by Crippen LogP contribution is -2.68. The largest absolute Gasteiger partial charge is 0.397 e. The molecule has 101 heavy (non-hydrogen) atoms. The Kier molecular flexibility index (Phi) is 29.8. The quantitative estimate of drug-likeness (QED) is 0.0255. The molecule has 0 radical (unpaired) electrons. The van der Waals surface area contributed by atoms with Gasteiger partial charge in [-0.1, -0.05) is 0 Å². The van der Waals surface area contributed by atoms with Gasteiger partial charge >= 0.3 is 146 Å². The molecule has 0 aliphatic carbocycles. The van der Waals surface area contributed by atoms with Crippen molar-refractivity contribution in [1.29, 1.82) is 0 Å². The van der Waals surface area contributed by atoms with Crippen LogP contribution in [0.1, 0.15) is 0 Å². The zero-order valence-corrected chi connectivity index (χ0v) is 57.8. The van der Waals surface area contributed by atoms with Crippen molar-refractivity contribution in [3.8, 4) is 0 Å². The van der Waals surface area contributed by atoms with Crippen molar-refractivity contribution < 1.29 is 273 Å². The van der Waals surface area contributed by atoms with Gasteiger partial charge in [-0.15, -0.1) is 0 Å². The van der Waals surface area contributed by atoms with Crippen LogP contribution in [0.15, 0.2) is 0 Å². The maximum atomic E-state index is 12.8.